The maximum atomic E-state index is 13.6. The van der Waals surface area contributed by atoms with E-state index in [1.165, 1.54) is 17.8 Å². The second-order valence-corrected chi connectivity index (χ2v) is 4.55. The van der Waals surface area contributed by atoms with Crippen LogP contribution in [0.1, 0.15) is 5.56 Å². The smallest absolute Gasteiger partial charge is 0.191 e. The third-order valence-corrected chi connectivity index (χ3v) is 2.84. The Morgan fingerprint density at radius 2 is 2.06 bits per heavy atom. The van der Waals surface area contributed by atoms with E-state index < -0.39 is 0 Å². The molecule has 94 valence electrons. The fraction of sp³-hybridized carbons (Fsp3) is 0.167. The third kappa shape index (κ3) is 2.89. The summed E-state index contributed by atoms with van der Waals surface area (Å²) in [5.41, 5.74) is 7.00. The van der Waals surface area contributed by atoms with Crippen LogP contribution in [0.25, 0.3) is 0 Å². The monoisotopic (exact) mass is 264 g/mol. The highest BCUT2D eigenvalue weighted by Gasteiger charge is 2.06. The van der Waals surface area contributed by atoms with Crippen LogP contribution in [-0.2, 0) is 0 Å². The Morgan fingerprint density at radius 3 is 2.78 bits per heavy atom. The standard InChI is InChI=1S/C12H13FN4S/c1-7-3-4-8(13)9(5-7)15-11-6-10(14)16-12(17-11)18-2/h3-6H,1-2H3,(H3,14,15,16,17). The average Bonchev–Trinajstić information content (AvgIpc) is 2.33. The molecule has 0 radical (unpaired) electrons. The van der Waals surface area contributed by atoms with Crippen molar-refractivity contribution < 1.29 is 4.39 Å². The Hall–Kier alpha value is -1.82. The zero-order chi connectivity index (χ0) is 13.1. The van der Waals surface area contributed by atoms with Gasteiger partial charge < -0.3 is 11.1 Å². The minimum absolute atomic E-state index is 0.330. The number of rotatable bonds is 3. The van der Waals surface area contributed by atoms with Gasteiger partial charge in [-0.3, -0.25) is 0 Å². The summed E-state index contributed by atoms with van der Waals surface area (Å²) in [6.07, 6.45) is 1.85. The van der Waals surface area contributed by atoms with Crippen molar-refractivity contribution >= 4 is 29.1 Å². The zero-order valence-corrected chi connectivity index (χ0v) is 10.9. The van der Waals surface area contributed by atoms with E-state index in [2.05, 4.69) is 15.3 Å². The van der Waals surface area contributed by atoms with Gasteiger partial charge in [0.25, 0.3) is 0 Å². The van der Waals surface area contributed by atoms with E-state index in [1.807, 2.05) is 13.2 Å². The molecule has 2 rings (SSSR count). The zero-order valence-electron chi connectivity index (χ0n) is 10.1. The van der Waals surface area contributed by atoms with Crippen LogP contribution in [0.4, 0.5) is 21.7 Å². The molecule has 0 bridgehead atoms. The maximum absolute atomic E-state index is 13.6. The summed E-state index contributed by atoms with van der Waals surface area (Å²) in [7, 11) is 0. The van der Waals surface area contributed by atoms with E-state index in [0.29, 0.717) is 22.5 Å². The molecule has 0 amide bonds. The van der Waals surface area contributed by atoms with E-state index in [0.717, 1.165) is 5.56 Å². The Morgan fingerprint density at radius 1 is 1.28 bits per heavy atom. The predicted molar refractivity (Wildman–Crippen MR) is 72.6 cm³/mol. The Bertz CT molecular complexity index is 574. The summed E-state index contributed by atoms with van der Waals surface area (Å²) in [5, 5.41) is 3.46. The van der Waals surface area contributed by atoms with Crippen LogP contribution in [-0.4, -0.2) is 16.2 Å². The first kappa shape index (κ1) is 12.6. The van der Waals surface area contributed by atoms with Gasteiger partial charge in [0.05, 0.1) is 5.69 Å². The first-order valence-electron chi connectivity index (χ1n) is 5.30. The van der Waals surface area contributed by atoms with E-state index in [1.54, 1.807) is 18.2 Å². The van der Waals surface area contributed by atoms with Gasteiger partial charge in [-0.2, -0.15) is 0 Å². The van der Waals surface area contributed by atoms with Crippen molar-refractivity contribution in [3.63, 3.8) is 0 Å². The molecular weight excluding hydrogens is 251 g/mol. The normalized spacial score (nSPS) is 10.4. The van der Waals surface area contributed by atoms with Gasteiger partial charge in [-0.25, -0.2) is 14.4 Å². The van der Waals surface area contributed by atoms with Crippen LogP contribution in [0.5, 0.6) is 0 Å². The van der Waals surface area contributed by atoms with Gasteiger partial charge in [-0.05, 0) is 30.9 Å². The number of halogens is 1. The van der Waals surface area contributed by atoms with Gasteiger partial charge >= 0.3 is 0 Å². The molecule has 18 heavy (non-hydrogen) atoms. The molecule has 0 atom stereocenters. The summed E-state index contributed by atoms with van der Waals surface area (Å²) in [6.45, 7) is 1.90. The van der Waals surface area contributed by atoms with Crippen LogP contribution in [0, 0.1) is 12.7 Å². The van der Waals surface area contributed by atoms with Crippen molar-refractivity contribution in [1.29, 1.82) is 0 Å². The van der Waals surface area contributed by atoms with Crippen LogP contribution in [0.2, 0.25) is 0 Å². The summed E-state index contributed by atoms with van der Waals surface area (Å²) < 4.78 is 13.6. The molecule has 0 aliphatic rings. The Kier molecular flexibility index (Phi) is 3.66. The first-order chi connectivity index (χ1) is 8.58. The molecular formula is C12H13FN4S. The van der Waals surface area contributed by atoms with Crippen molar-refractivity contribution in [1.82, 2.24) is 9.97 Å². The highest BCUT2D eigenvalue weighted by Crippen LogP contribution is 2.22. The topological polar surface area (TPSA) is 63.8 Å². The maximum Gasteiger partial charge on any atom is 0.191 e. The number of nitrogens with zero attached hydrogens (tertiary/aromatic N) is 2. The highest BCUT2D eigenvalue weighted by atomic mass is 32.2. The van der Waals surface area contributed by atoms with Crippen molar-refractivity contribution in [3.8, 4) is 0 Å². The number of nitrogens with two attached hydrogens (primary N) is 1. The number of hydrogen-bond acceptors (Lipinski definition) is 5. The lowest BCUT2D eigenvalue weighted by atomic mass is 10.2. The van der Waals surface area contributed by atoms with Crippen LogP contribution >= 0.6 is 11.8 Å². The third-order valence-electron chi connectivity index (χ3n) is 2.29. The van der Waals surface area contributed by atoms with E-state index in [-0.39, 0.29) is 5.82 Å². The van der Waals surface area contributed by atoms with Crippen LogP contribution in [0.3, 0.4) is 0 Å². The minimum atomic E-state index is -0.330. The van der Waals surface area contributed by atoms with Crippen molar-refractivity contribution in [2.45, 2.75) is 12.1 Å². The number of aryl methyl sites for hydroxylation is 1. The number of benzene rings is 1. The van der Waals surface area contributed by atoms with Crippen molar-refractivity contribution in [3.05, 3.63) is 35.6 Å². The fourth-order valence-corrected chi connectivity index (χ4v) is 1.86. The molecule has 6 heteroatoms. The highest BCUT2D eigenvalue weighted by molar-refractivity contribution is 7.98. The molecule has 0 saturated carbocycles. The van der Waals surface area contributed by atoms with Crippen LogP contribution < -0.4 is 11.1 Å². The lowest BCUT2D eigenvalue weighted by Crippen LogP contribution is -2.01. The van der Waals surface area contributed by atoms with Gasteiger partial charge in [-0.1, -0.05) is 17.8 Å². The molecule has 0 aliphatic heterocycles. The first-order valence-corrected chi connectivity index (χ1v) is 6.52. The fourth-order valence-electron chi connectivity index (χ4n) is 1.47. The van der Waals surface area contributed by atoms with Gasteiger partial charge in [-0.15, -0.1) is 0 Å². The van der Waals surface area contributed by atoms with Crippen molar-refractivity contribution in [2.75, 3.05) is 17.3 Å². The molecule has 4 nitrogen and oxygen atoms in total. The quantitative estimate of drug-likeness (QED) is 0.659. The second-order valence-electron chi connectivity index (χ2n) is 3.77. The van der Waals surface area contributed by atoms with E-state index in [4.69, 9.17) is 5.73 Å². The Labute approximate surface area is 109 Å². The largest absolute Gasteiger partial charge is 0.383 e. The van der Waals surface area contributed by atoms with E-state index >= 15 is 0 Å². The number of nitrogens with one attached hydrogen (secondary N) is 1. The second kappa shape index (κ2) is 5.22. The SMILES string of the molecule is CSc1nc(N)cc(Nc2cc(C)ccc2F)n1. The number of anilines is 3. The molecule has 0 saturated heterocycles. The number of hydrogen-bond donors (Lipinski definition) is 2. The Balaban J connectivity index is 2.33. The summed E-state index contributed by atoms with van der Waals surface area (Å²) in [4.78, 5) is 8.24. The average molecular weight is 264 g/mol. The molecule has 0 aliphatic carbocycles. The number of thioether (sulfide) groups is 1. The number of nitrogen functional groups attached to an aromatic ring is 1. The number of aromatic nitrogens is 2. The molecule has 1 aromatic carbocycles. The predicted octanol–water partition coefficient (Wildman–Crippen LogP) is 2.97. The van der Waals surface area contributed by atoms with Crippen LogP contribution in [0.15, 0.2) is 29.4 Å². The lowest BCUT2D eigenvalue weighted by molar-refractivity contribution is 0.631. The summed E-state index contributed by atoms with van der Waals surface area (Å²) >= 11 is 1.38. The van der Waals surface area contributed by atoms with Gasteiger partial charge in [0.2, 0.25) is 0 Å². The lowest BCUT2D eigenvalue weighted by Gasteiger charge is -2.09. The summed E-state index contributed by atoms with van der Waals surface area (Å²) in [6, 6.07) is 6.41. The summed E-state index contributed by atoms with van der Waals surface area (Å²) in [5.74, 6) is 0.504. The molecule has 1 aromatic heterocycles. The molecule has 0 spiro atoms. The minimum Gasteiger partial charge on any atom is -0.383 e. The molecule has 0 fully saturated rings. The van der Waals surface area contributed by atoms with Gasteiger partial charge in [0, 0.05) is 6.07 Å². The molecule has 0 unspecified atom stereocenters. The van der Waals surface area contributed by atoms with Gasteiger partial charge in [0.15, 0.2) is 5.16 Å². The van der Waals surface area contributed by atoms with Gasteiger partial charge in [0.1, 0.15) is 17.5 Å². The molecule has 1 heterocycles. The molecule has 2 aromatic rings. The van der Waals surface area contributed by atoms with E-state index in [9.17, 15) is 4.39 Å². The van der Waals surface area contributed by atoms with Crippen molar-refractivity contribution in [2.24, 2.45) is 0 Å². The molecule has 3 N–H and O–H groups in total.